The van der Waals surface area contributed by atoms with E-state index in [2.05, 4.69) is 23.8 Å². The largest absolute Gasteiger partial charge is 0.493 e. The monoisotopic (exact) mass is 360 g/mol. The van der Waals surface area contributed by atoms with Gasteiger partial charge in [0.15, 0.2) is 18.1 Å². The van der Waals surface area contributed by atoms with Crippen molar-refractivity contribution in [3.05, 3.63) is 24.3 Å². The minimum Gasteiger partial charge on any atom is -0.493 e. The zero-order valence-electron chi connectivity index (χ0n) is 16.4. The summed E-state index contributed by atoms with van der Waals surface area (Å²) in [4.78, 5) is 17.6. The first-order chi connectivity index (χ1) is 12.6. The number of methoxy groups -OCH3 is 1. The van der Waals surface area contributed by atoms with Crippen LogP contribution in [-0.4, -0.2) is 61.1 Å². The molecule has 5 nitrogen and oxygen atoms in total. The van der Waals surface area contributed by atoms with Gasteiger partial charge in [0.2, 0.25) is 0 Å². The van der Waals surface area contributed by atoms with Crippen LogP contribution in [0.3, 0.4) is 0 Å². The molecule has 0 unspecified atom stereocenters. The van der Waals surface area contributed by atoms with E-state index < -0.39 is 0 Å². The van der Waals surface area contributed by atoms with Crippen LogP contribution in [0.4, 0.5) is 0 Å². The fraction of sp³-hybridized carbons (Fsp3) is 0.667. The van der Waals surface area contributed by atoms with Gasteiger partial charge in [-0.25, -0.2) is 0 Å². The number of likely N-dealkylation sites (tertiary alicyclic amines) is 1. The quantitative estimate of drug-likeness (QED) is 0.780. The van der Waals surface area contributed by atoms with E-state index in [1.54, 1.807) is 7.11 Å². The number of benzene rings is 1. The first-order valence-corrected chi connectivity index (χ1v) is 9.86. The Kier molecular flexibility index (Phi) is 6.07. The Morgan fingerprint density at radius 1 is 1.23 bits per heavy atom. The van der Waals surface area contributed by atoms with Crippen molar-refractivity contribution in [3.63, 3.8) is 0 Å². The highest BCUT2D eigenvalue weighted by molar-refractivity contribution is 5.79. The molecule has 1 aromatic carbocycles. The van der Waals surface area contributed by atoms with E-state index in [4.69, 9.17) is 9.47 Å². The van der Waals surface area contributed by atoms with Gasteiger partial charge >= 0.3 is 0 Å². The van der Waals surface area contributed by atoms with E-state index >= 15 is 0 Å². The summed E-state index contributed by atoms with van der Waals surface area (Å²) in [6, 6.07) is 7.95. The summed E-state index contributed by atoms with van der Waals surface area (Å²) in [5.74, 6) is 1.39. The number of likely N-dealkylation sites (N-methyl/N-ethyl adjacent to an activating group) is 1. The molecule has 1 amide bonds. The average Bonchev–Trinajstić information content (AvgIpc) is 3.04. The van der Waals surface area contributed by atoms with Crippen LogP contribution in [0.2, 0.25) is 0 Å². The van der Waals surface area contributed by atoms with Gasteiger partial charge in [0.05, 0.1) is 7.11 Å². The van der Waals surface area contributed by atoms with Gasteiger partial charge in [0, 0.05) is 18.1 Å². The Balaban J connectivity index is 1.71. The molecule has 1 heterocycles. The van der Waals surface area contributed by atoms with Gasteiger partial charge in [-0.3, -0.25) is 4.79 Å². The molecule has 0 aromatic heterocycles. The molecule has 5 heteroatoms. The summed E-state index contributed by atoms with van der Waals surface area (Å²) in [5, 5.41) is 0. The van der Waals surface area contributed by atoms with Gasteiger partial charge in [-0.15, -0.1) is 0 Å². The lowest BCUT2D eigenvalue weighted by Gasteiger charge is -2.41. The predicted octanol–water partition coefficient (Wildman–Crippen LogP) is 3.33. The normalized spacial score (nSPS) is 22.0. The maximum atomic E-state index is 13.1. The van der Waals surface area contributed by atoms with Gasteiger partial charge in [-0.2, -0.15) is 0 Å². The molecule has 1 saturated carbocycles. The lowest BCUT2D eigenvalue weighted by molar-refractivity contribution is -0.138. The first kappa shape index (κ1) is 19.0. The summed E-state index contributed by atoms with van der Waals surface area (Å²) in [6.07, 6.45) is 7.08. The maximum absolute atomic E-state index is 13.1. The number of amides is 1. The van der Waals surface area contributed by atoms with Crippen molar-refractivity contribution in [1.82, 2.24) is 9.80 Å². The number of carbonyl (C=O) groups excluding carboxylic acids is 1. The second kappa shape index (κ2) is 8.30. The van der Waals surface area contributed by atoms with Crippen molar-refractivity contribution in [1.29, 1.82) is 0 Å². The third-order valence-corrected chi connectivity index (χ3v) is 6.21. The number of hydrogen-bond donors (Lipinski definition) is 0. The Morgan fingerprint density at radius 3 is 2.58 bits per heavy atom. The molecule has 1 spiro atoms. The topological polar surface area (TPSA) is 42.0 Å². The van der Waals surface area contributed by atoms with Gasteiger partial charge in [0.1, 0.15) is 0 Å². The number of carbonyl (C=O) groups is 1. The van der Waals surface area contributed by atoms with Crippen molar-refractivity contribution in [2.75, 3.05) is 33.9 Å². The van der Waals surface area contributed by atoms with E-state index in [-0.39, 0.29) is 18.1 Å². The molecule has 2 fully saturated rings. The van der Waals surface area contributed by atoms with Crippen molar-refractivity contribution in [3.8, 4) is 11.5 Å². The van der Waals surface area contributed by atoms with Crippen LogP contribution in [0.1, 0.15) is 45.4 Å². The minimum absolute atomic E-state index is 0.0353. The van der Waals surface area contributed by atoms with Gasteiger partial charge in [-0.1, -0.05) is 38.3 Å². The van der Waals surface area contributed by atoms with Gasteiger partial charge in [0.25, 0.3) is 5.91 Å². The van der Waals surface area contributed by atoms with E-state index in [9.17, 15) is 4.79 Å². The Morgan fingerprint density at radius 2 is 1.92 bits per heavy atom. The highest BCUT2D eigenvalue weighted by Gasteiger charge is 2.48. The number of ether oxygens (including phenoxy) is 2. The molecule has 1 aliphatic heterocycles. The van der Waals surface area contributed by atoms with Crippen LogP contribution >= 0.6 is 0 Å². The lowest BCUT2D eigenvalue weighted by atomic mass is 9.79. The fourth-order valence-electron chi connectivity index (χ4n) is 4.58. The zero-order chi connectivity index (χ0) is 18.6. The molecule has 0 radical (unpaired) electrons. The molecule has 3 rings (SSSR count). The van der Waals surface area contributed by atoms with Crippen LogP contribution in [0.5, 0.6) is 11.5 Å². The SMILES string of the molecule is CCN(C)[C@H]1CN(C(=O)COc2ccccc2OC)C2(CCCCC2)C1. The number of hydrogen-bond acceptors (Lipinski definition) is 4. The second-order valence-corrected chi connectivity index (χ2v) is 7.66. The van der Waals surface area contributed by atoms with Gasteiger partial charge < -0.3 is 19.3 Å². The van der Waals surface area contributed by atoms with Crippen molar-refractivity contribution < 1.29 is 14.3 Å². The third-order valence-electron chi connectivity index (χ3n) is 6.21. The number of para-hydroxylation sites is 2. The van der Waals surface area contributed by atoms with E-state index in [0.717, 1.165) is 32.4 Å². The molecule has 26 heavy (non-hydrogen) atoms. The average molecular weight is 360 g/mol. The Hall–Kier alpha value is -1.75. The number of rotatable bonds is 6. The smallest absolute Gasteiger partial charge is 0.261 e. The molecule has 0 N–H and O–H groups in total. The van der Waals surface area contributed by atoms with Crippen molar-refractivity contribution >= 4 is 5.91 Å². The molecule has 144 valence electrons. The van der Waals surface area contributed by atoms with E-state index in [1.807, 2.05) is 24.3 Å². The van der Waals surface area contributed by atoms with Crippen molar-refractivity contribution in [2.24, 2.45) is 0 Å². The van der Waals surface area contributed by atoms with Crippen LogP contribution in [0, 0.1) is 0 Å². The molecule has 1 atom stereocenters. The summed E-state index contributed by atoms with van der Waals surface area (Å²) in [6.45, 7) is 4.09. The first-order valence-electron chi connectivity index (χ1n) is 9.86. The summed E-state index contributed by atoms with van der Waals surface area (Å²) in [5.41, 5.74) is 0.0353. The molecular formula is C21H32N2O3. The van der Waals surface area contributed by atoms with Crippen LogP contribution < -0.4 is 9.47 Å². The Bertz CT molecular complexity index is 613. The molecular weight excluding hydrogens is 328 g/mol. The maximum Gasteiger partial charge on any atom is 0.261 e. The number of nitrogens with zero attached hydrogens (tertiary/aromatic N) is 2. The van der Waals surface area contributed by atoms with E-state index in [1.165, 1.54) is 19.3 Å². The zero-order valence-corrected chi connectivity index (χ0v) is 16.4. The fourth-order valence-corrected chi connectivity index (χ4v) is 4.58. The summed E-state index contributed by atoms with van der Waals surface area (Å²) < 4.78 is 11.1. The molecule has 1 aromatic rings. The summed E-state index contributed by atoms with van der Waals surface area (Å²) in [7, 11) is 3.78. The molecule has 0 bridgehead atoms. The Labute approximate surface area is 157 Å². The van der Waals surface area contributed by atoms with Crippen LogP contribution in [-0.2, 0) is 4.79 Å². The highest BCUT2D eigenvalue weighted by atomic mass is 16.5. The van der Waals surface area contributed by atoms with Crippen molar-refractivity contribution in [2.45, 2.75) is 57.0 Å². The van der Waals surface area contributed by atoms with Crippen LogP contribution in [0.25, 0.3) is 0 Å². The minimum atomic E-state index is 0.0353. The van der Waals surface area contributed by atoms with E-state index in [0.29, 0.717) is 17.5 Å². The van der Waals surface area contributed by atoms with Crippen LogP contribution in [0.15, 0.2) is 24.3 Å². The van der Waals surface area contributed by atoms with Gasteiger partial charge in [-0.05, 0) is 45.0 Å². The molecule has 1 aliphatic carbocycles. The lowest BCUT2D eigenvalue weighted by Crippen LogP contribution is -2.50. The summed E-state index contributed by atoms with van der Waals surface area (Å²) >= 11 is 0. The predicted molar refractivity (Wildman–Crippen MR) is 103 cm³/mol. The highest BCUT2D eigenvalue weighted by Crippen LogP contribution is 2.43. The standard InChI is InChI=1S/C21H32N2O3/c1-4-22(2)17-14-21(12-8-5-9-13-21)23(15-17)20(24)16-26-19-11-7-6-10-18(19)25-3/h6-7,10-11,17H,4-5,8-9,12-16H2,1-3H3/t17-/m1/s1. The molecule has 2 aliphatic rings. The third kappa shape index (κ3) is 3.83. The second-order valence-electron chi connectivity index (χ2n) is 7.66. The molecule has 1 saturated heterocycles.